The van der Waals surface area contributed by atoms with Crippen molar-refractivity contribution in [1.29, 1.82) is 0 Å². The van der Waals surface area contributed by atoms with Gasteiger partial charge >= 0.3 is 0 Å². The molecule has 0 saturated carbocycles. The van der Waals surface area contributed by atoms with Crippen LogP contribution in [0.5, 0.6) is 0 Å². The molecule has 0 unspecified atom stereocenters. The van der Waals surface area contributed by atoms with Gasteiger partial charge in [0, 0.05) is 19.1 Å². The van der Waals surface area contributed by atoms with Gasteiger partial charge in [0.25, 0.3) is 0 Å². The summed E-state index contributed by atoms with van der Waals surface area (Å²) in [6, 6.07) is 5.28. The number of piperidine rings is 1. The third-order valence-electron chi connectivity index (χ3n) is 3.86. The molecule has 1 saturated heterocycles. The highest BCUT2D eigenvalue weighted by atomic mass is 32.2. The Morgan fingerprint density at radius 1 is 1.25 bits per heavy atom. The second-order valence-electron chi connectivity index (χ2n) is 5.45. The van der Waals surface area contributed by atoms with Gasteiger partial charge in [0.1, 0.15) is 0 Å². The van der Waals surface area contributed by atoms with E-state index in [1.807, 2.05) is 0 Å². The van der Waals surface area contributed by atoms with Crippen LogP contribution in [0.1, 0.15) is 12.8 Å². The average molecular weight is 298 g/mol. The van der Waals surface area contributed by atoms with Crippen LogP contribution in [0.3, 0.4) is 0 Å². The molecule has 4 N–H and O–H groups in total. The summed E-state index contributed by atoms with van der Waals surface area (Å²) >= 11 is 0. The average Bonchev–Trinajstić information content (AvgIpc) is 2.37. The Labute approximate surface area is 120 Å². The summed E-state index contributed by atoms with van der Waals surface area (Å²) in [5.41, 5.74) is 7.31. The first-order valence-electron chi connectivity index (χ1n) is 6.63. The quantitative estimate of drug-likeness (QED) is 0.790. The fraction of sp³-hybridized carbons (Fsp3) is 0.538. The third-order valence-corrected chi connectivity index (χ3v) is 4.77. The van der Waals surface area contributed by atoms with Crippen LogP contribution in [0.25, 0.3) is 0 Å². The largest absolute Gasteiger partial charge is 0.397 e. The Kier molecular flexibility index (Phi) is 4.22. The summed E-state index contributed by atoms with van der Waals surface area (Å²) in [6.07, 6.45) is 2.15. The van der Waals surface area contributed by atoms with Gasteiger partial charge in [-0.2, -0.15) is 0 Å². The van der Waals surface area contributed by atoms with E-state index in [1.165, 1.54) is 12.1 Å². The van der Waals surface area contributed by atoms with E-state index in [1.54, 1.807) is 6.07 Å². The van der Waals surface area contributed by atoms with Gasteiger partial charge in [0.15, 0.2) is 0 Å². The minimum Gasteiger partial charge on any atom is -0.397 e. The lowest BCUT2D eigenvalue weighted by molar-refractivity contribution is 0.250. The van der Waals surface area contributed by atoms with Gasteiger partial charge in [-0.3, -0.25) is 0 Å². The Morgan fingerprint density at radius 2 is 1.85 bits per heavy atom. The molecule has 0 atom stereocenters. The molecule has 1 aromatic rings. The van der Waals surface area contributed by atoms with Crippen LogP contribution < -0.4 is 15.8 Å². The molecule has 20 heavy (non-hydrogen) atoms. The van der Waals surface area contributed by atoms with Gasteiger partial charge in [-0.15, -0.1) is 0 Å². The predicted molar refractivity (Wildman–Crippen MR) is 81.1 cm³/mol. The van der Waals surface area contributed by atoms with Gasteiger partial charge in [-0.1, -0.05) is 0 Å². The number of hydrogen-bond acceptors (Lipinski definition) is 5. The zero-order valence-corrected chi connectivity index (χ0v) is 12.7. The molecule has 112 valence electrons. The summed E-state index contributed by atoms with van der Waals surface area (Å²) in [6.45, 7) is 1.84. The number of benzene rings is 1. The standard InChI is InChI=1S/C13H22N4O2S/c1-16(2)10-5-7-17(8-6-10)13-4-3-11(9-12(13)14)20(15,18)19/h3-4,9-10H,5-8,14H2,1-2H3,(H2,15,18,19). The number of nitrogens with two attached hydrogens (primary N) is 2. The number of nitrogens with zero attached hydrogens (tertiary/aromatic N) is 2. The Morgan fingerprint density at radius 3 is 2.30 bits per heavy atom. The van der Waals surface area contributed by atoms with Crippen LogP contribution in [-0.2, 0) is 10.0 Å². The summed E-state index contributed by atoms with van der Waals surface area (Å²) in [5.74, 6) is 0. The molecule has 1 fully saturated rings. The minimum absolute atomic E-state index is 0.0573. The first kappa shape index (κ1) is 15.1. The smallest absolute Gasteiger partial charge is 0.238 e. The molecule has 0 amide bonds. The van der Waals surface area contributed by atoms with Crippen molar-refractivity contribution in [1.82, 2.24) is 4.90 Å². The van der Waals surface area contributed by atoms with Crippen LogP contribution in [0.2, 0.25) is 0 Å². The van der Waals surface area contributed by atoms with Crippen molar-refractivity contribution in [2.45, 2.75) is 23.8 Å². The molecule has 0 spiro atoms. The van der Waals surface area contributed by atoms with E-state index in [4.69, 9.17) is 10.9 Å². The van der Waals surface area contributed by atoms with E-state index in [9.17, 15) is 8.42 Å². The first-order chi connectivity index (χ1) is 9.29. The molecular formula is C13H22N4O2S. The molecule has 1 aliphatic heterocycles. The van der Waals surface area contributed by atoms with Gasteiger partial charge in [0.05, 0.1) is 16.3 Å². The highest BCUT2D eigenvalue weighted by Crippen LogP contribution is 2.29. The molecule has 6 nitrogen and oxygen atoms in total. The van der Waals surface area contributed by atoms with Gasteiger partial charge < -0.3 is 15.5 Å². The first-order valence-corrected chi connectivity index (χ1v) is 8.17. The molecule has 0 radical (unpaired) electrons. The Bertz CT molecular complexity index is 578. The lowest BCUT2D eigenvalue weighted by Gasteiger charge is -2.37. The SMILES string of the molecule is CN(C)C1CCN(c2ccc(S(N)(=O)=O)cc2N)CC1. The van der Waals surface area contributed by atoms with E-state index < -0.39 is 10.0 Å². The fourth-order valence-corrected chi connectivity index (χ4v) is 3.17. The van der Waals surface area contributed by atoms with Crippen molar-refractivity contribution >= 4 is 21.4 Å². The summed E-state index contributed by atoms with van der Waals surface area (Å²) < 4.78 is 22.6. The van der Waals surface area contributed by atoms with E-state index in [2.05, 4.69) is 23.9 Å². The molecule has 1 heterocycles. The van der Waals surface area contributed by atoms with Crippen LogP contribution in [-0.4, -0.2) is 46.5 Å². The second-order valence-corrected chi connectivity index (χ2v) is 7.01. The maximum absolute atomic E-state index is 11.3. The van der Waals surface area contributed by atoms with Crippen LogP contribution in [0, 0.1) is 0 Å². The molecule has 1 aliphatic rings. The summed E-state index contributed by atoms with van der Waals surface area (Å²) in [4.78, 5) is 4.49. The predicted octanol–water partition coefficient (Wildman–Crippen LogP) is 0.447. The monoisotopic (exact) mass is 298 g/mol. The van der Waals surface area contributed by atoms with Gasteiger partial charge in [0.2, 0.25) is 10.0 Å². The maximum Gasteiger partial charge on any atom is 0.238 e. The molecule has 0 bridgehead atoms. The third kappa shape index (κ3) is 3.23. The fourth-order valence-electron chi connectivity index (χ4n) is 2.62. The Balaban J connectivity index is 2.15. The van der Waals surface area contributed by atoms with Gasteiger partial charge in [-0.25, -0.2) is 13.6 Å². The van der Waals surface area contributed by atoms with E-state index in [0.29, 0.717) is 11.7 Å². The van der Waals surface area contributed by atoms with Crippen LogP contribution >= 0.6 is 0 Å². The molecular weight excluding hydrogens is 276 g/mol. The summed E-state index contributed by atoms with van der Waals surface area (Å²) in [7, 11) is 0.488. The Hall–Kier alpha value is -1.31. The van der Waals surface area contributed by atoms with E-state index in [0.717, 1.165) is 31.6 Å². The topological polar surface area (TPSA) is 92.7 Å². The van der Waals surface area contributed by atoms with Crippen molar-refractivity contribution in [2.24, 2.45) is 5.14 Å². The highest BCUT2D eigenvalue weighted by molar-refractivity contribution is 7.89. The zero-order valence-electron chi connectivity index (χ0n) is 11.9. The molecule has 0 aliphatic carbocycles. The number of nitrogen functional groups attached to an aromatic ring is 1. The number of hydrogen-bond donors (Lipinski definition) is 2. The lowest BCUT2D eigenvalue weighted by atomic mass is 10.0. The second kappa shape index (κ2) is 5.59. The number of sulfonamides is 1. The van der Waals surface area contributed by atoms with Crippen LogP contribution in [0.15, 0.2) is 23.1 Å². The number of primary sulfonamides is 1. The lowest BCUT2D eigenvalue weighted by Crippen LogP contribution is -2.42. The normalized spacial score (nSPS) is 17.7. The van der Waals surface area contributed by atoms with Crippen LogP contribution in [0.4, 0.5) is 11.4 Å². The number of anilines is 2. The molecule has 0 aromatic heterocycles. The summed E-state index contributed by atoms with van der Waals surface area (Å²) in [5, 5.41) is 5.10. The van der Waals surface area contributed by atoms with Gasteiger partial charge in [-0.05, 0) is 45.1 Å². The minimum atomic E-state index is -3.70. The zero-order chi connectivity index (χ0) is 14.9. The van der Waals surface area contributed by atoms with Crippen molar-refractivity contribution < 1.29 is 8.42 Å². The molecule has 7 heteroatoms. The number of rotatable bonds is 3. The van der Waals surface area contributed by atoms with E-state index >= 15 is 0 Å². The molecule has 1 aromatic carbocycles. The van der Waals surface area contributed by atoms with Crippen molar-refractivity contribution in [3.8, 4) is 0 Å². The van der Waals surface area contributed by atoms with Crippen molar-refractivity contribution in [2.75, 3.05) is 37.8 Å². The van der Waals surface area contributed by atoms with E-state index in [-0.39, 0.29) is 4.90 Å². The maximum atomic E-state index is 11.3. The molecule has 2 rings (SSSR count). The van der Waals surface area contributed by atoms with Crippen molar-refractivity contribution in [3.05, 3.63) is 18.2 Å². The van der Waals surface area contributed by atoms with Crippen molar-refractivity contribution in [3.63, 3.8) is 0 Å². The highest BCUT2D eigenvalue weighted by Gasteiger charge is 2.22.